The lowest BCUT2D eigenvalue weighted by Gasteiger charge is -2.07. The van der Waals surface area contributed by atoms with E-state index in [1.807, 2.05) is 19.1 Å². The van der Waals surface area contributed by atoms with E-state index in [-0.39, 0.29) is 0 Å². The van der Waals surface area contributed by atoms with Gasteiger partial charge in [-0.2, -0.15) is 4.98 Å². The van der Waals surface area contributed by atoms with Crippen LogP contribution in [0.25, 0.3) is 10.9 Å². The summed E-state index contributed by atoms with van der Waals surface area (Å²) in [5.41, 5.74) is 8.11. The fraction of sp³-hybridized carbons (Fsp3) is 0.286. The van der Waals surface area contributed by atoms with Crippen molar-refractivity contribution in [3.63, 3.8) is 0 Å². The molecular weight excluding hydrogens is 384 g/mol. The molecule has 0 radical (unpaired) electrons. The second kappa shape index (κ2) is 7.36. The number of nitrogens with two attached hydrogens (primary N) is 1. The maximum absolute atomic E-state index is 5.94. The molecule has 1 saturated carbocycles. The molecule has 0 spiro atoms. The zero-order valence-electron chi connectivity index (χ0n) is 15.9. The Bertz CT molecular complexity index is 1180. The van der Waals surface area contributed by atoms with Crippen molar-refractivity contribution >= 4 is 28.1 Å². The molecule has 29 heavy (non-hydrogen) atoms. The first-order valence-electron chi connectivity index (χ1n) is 9.55. The molecule has 0 saturated heterocycles. The third-order valence-electron chi connectivity index (χ3n) is 5.01. The number of rotatable bonds is 6. The topological polar surface area (TPSA) is 99.7 Å². The molecule has 2 atom stereocenters. The van der Waals surface area contributed by atoms with Gasteiger partial charge in [-0.25, -0.2) is 4.98 Å². The Hall–Kier alpha value is -3.13. The summed E-state index contributed by atoms with van der Waals surface area (Å²) in [6, 6.07) is 14.1. The van der Waals surface area contributed by atoms with Crippen molar-refractivity contribution in [1.82, 2.24) is 25.1 Å². The third kappa shape index (κ3) is 4.02. The normalized spacial score (nSPS) is 18.1. The Morgan fingerprint density at radius 3 is 2.86 bits per heavy atom. The number of anilines is 1. The van der Waals surface area contributed by atoms with E-state index >= 15 is 0 Å². The molecule has 4 aromatic rings. The number of hydrogen-bond donors (Lipinski definition) is 1. The van der Waals surface area contributed by atoms with Crippen LogP contribution in [0.3, 0.4) is 0 Å². The molecule has 3 heterocycles. The predicted molar refractivity (Wildman–Crippen MR) is 112 cm³/mol. The van der Waals surface area contributed by atoms with Gasteiger partial charge in [0.2, 0.25) is 5.88 Å². The summed E-state index contributed by atoms with van der Waals surface area (Å²) in [6.07, 6.45) is 1.57. The molecule has 2 unspecified atom stereocenters. The molecule has 0 bridgehead atoms. The summed E-state index contributed by atoms with van der Waals surface area (Å²) in [5, 5.41) is 11.1. The molecule has 2 N–H and O–H groups in total. The van der Waals surface area contributed by atoms with Crippen molar-refractivity contribution in [2.24, 2.45) is 5.92 Å². The first kappa shape index (κ1) is 17.9. The van der Waals surface area contributed by atoms with Gasteiger partial charge in [0.25, 0.3) is 0 Å². The molecule has 8 heteroatoms. The highest BCUT2D eigenvalue weighted by atomic mass is 32.1. The van der Waals surface area contributed by atoms with Gasteiger partial charge in [0.1, 0.15) is 21.7 Å². The van der Waals surface area contributed by atoms with Crippen LogP contribution < -0.4 is 10.5 Å². The van der Waals surface area contributed by atoms with Gasteiger partial charge >= 0.3 is 0 Å². The fourth-order valence-corrected chi connectivity index (χ4v) is 4.17. The van der Waals surface area contributed by atoms with E-state index < -0.39 is 0 Å². The number of benzene rings is 1. The van der Waals surface area contributed by atoms with Gasteiger partial charge in [-0.1, -0.05) is 24.3 Å². The molecule has 0 amide bonds. The van der Waals surface area contributed by atoms with Gasteiger partial charge in [0, 0.05) is 29.0 Å². The van der Waals surface area contributed by atoms with E-state index in [0.717, 1.165) is 27.6 Å². The van der Waals surface area contributed by atoms with Crippen LogP contribution in [0, 0.1) is 12.8 Å². The Morgan fingerprint density at radius 2 is 2.00 bits per heavy atom. The smallest absolute Gasteiger partial charge is 0.218 e. The van der Waals surface area contributed by atoms with E-state index in [1.165, 1.54) is 16.7 Å². The molecule has 7 nitrogen and oxygen atoms in total. The highest BCUT2D eigenvalue weighted by molar-refractivity contribution is 7.11. The lowest BCUT2D eigenvalue weighted by molar-refractivity contribution is 0.284. The van der Waals surface area contributed by atoms with Crippen molar-refractivity contribution in [3.05, 3.63) is 64.0 Å². The third-order valence-corrected chi connectivity index (χ3v) is 5.85. The number of fused-ring (bicyclic) bond motifs is 1. The van der Waals surface area contributed by atoms with Crippen molar-refractivity contribution in [1.29, 1.82) is 0 Å². The van der Waals surface area contributed by atoms with Crippen molar-refractivity contribution in [2.45, 2.75) is 25.7 Å². The van der Waals surface area contributed by atoms with Gasteiger partial charge in [-0.3, -0.25) is 4.98 Å². The summed E-state index contributed by atoms with van der Waals surface area (Å²) in [5.74, 6) is 2.37. The van der Waals surface area contributed by atoms with Crippen molar-refractivity contribution in [3.8, 4) is 5.88 Å². The zero-order chi connectivity index (χ0) is 19.8. The number of para-hydroxylation sites is 1. The van der Waals surface area contributed by atoms with Gasteiger partial charge < -0.3 is 10.5 Å². The zero-order valence-corrected chi connectivity index (χ0v) is 16.8. The van der Waals surface area contributed by atoms with Crippen LogP contribution in [0.1, 0.15) is 33.9 Å². The van der Waals surface area contributed by atoms with E-state index in [0.29, 0.717) is 42.4 Å². The largest absolute Gasteiger partial charge is 0.477 e. The summed E-state index contributed by atoms with van der Waals surface area (Å²) in [4.78, 5) is 13.6. The minimum Gasteiger partial charge on any atom is -0.477 e. The molecule has 1 aliphatic rings. The second-order valence-electron chi connectivity index (χ2n) is 7.28. The molecule has 3 aromatic heterocycles. The number of ether oxygens (including phenoxy) is 1. The van der Waals surface area contributed by atoms with E-state index in [2.05, 4.69) is 44.4 Å². The lowest BCUT2D eigenvalue weighted by Crippen LogP contribution is -2.07. The number of hydrogen-bond acceptors (Lipinski definition) is 8. The average molecular weight is 404 g/mol. The molecule has 0 aliphatic heterocycles. The van der Waals surface area contributed by atoms with Crippen LogP contribution >= 0.6 is 11.3 Å². The van der Waals surface area contributed by atoms with Gasteiger partial charge in [-0.15, -0.1) is 21.5 Å². The van der Waals surface area contributed by atoms with Crippen LogP contribution in [0.5, 0.6) is 5.88 Å². The molecular formula is C21H20N6OS. The Kier molecular flexibility index (Phi) is 4.55. The molecule has 5 rings (SSSR count). The number of nitrogens with zero attached hydrogens (tertiary/aromatic N) is 5. The van der Waals surface area contributed by atoms with Crippen molar-refractivity contribution < 1.29 is 4.74 Å². The maximum atomic E-state index is 5.94. The molecule has 146 valence electrons. The van der Waals surface area contributed by atoms with Crippen molar-refractivity contribution in [2.75, 3.05) is 12.3 Å². The number of aromatic nitrogens is 5. The first-order chi connectivity index (χ1) is 14.1. The summed E-state index contributed by atoms with van der Waals surface area (Å²) >= 11 is 1.53. The monoisotopic (exact) mass is 404 g/mol. The maximum Gasteiger partial charge on any atom is 0.218 e. The quantitative estimate of drug-likeness (QED) is 0.524. The van der Waals surface area contributed by atoms with E-state index in [4.69, 9.17) is 15.5 Å². The summed E-state index contributed by atoms with van der Waals surface area (Å²) in [7, 11) is 0. The highest BCUT2D eigenvalue weighted by Gasteiger charge is 2.40. The van der Waals surface area contributed by atoms with Crippen LogP contribution in [-0.4, -0.2) is 31.8 Å². The van der Waals surface area contributed by atoms with Gasteiger partial charge in [0.15, 0.2) is 0 Å². The standard InChI is InChI=1S/C21H20N6OS/c1-12-26-27-21(29-12)10-19-24-18(22)9-20(25-19)28-11-14-8-15(14)17-7-6-13-4-2-3-5-16(13)23-17/h2-7,9,14-15H,8,10-11H2,1H3,(H2,22,24,25). The fourth-order valence-electron chi connectivity index (χ4n) is 3.46. The number of pyridine rings is 1. The Labute approximate surface area is 172 Å². The van der Waals surface area contributed by atoms with Gasteiger partial charge in [-0.05, 0) is 25.5 Å². The minimum atomic E-state index is 0.398. The minimum absolute atomic E-state index is 0.398. The number of aryl methyl sites for hydroxylation is 1. The van der Waals surface area contributed by atoms with E-state index in [9.17, 15) is 0 Å². The van der Waals surface area contributed by atoms with Crippen LogP contribution in [0.2, 0.25) is 0 Å². The predicted octanol–water partition coefficient (Wildman–Crippen LogP) is 3.54. The second-order valence-corrected chi connectivity index (χ2v) is 8.55. The SMILES string of the molecule is Cc1nnc(Cc2nc(N)cc(OCC3CC3c3ccc4ccccc4n3)n2)s1. The van der Waals surface area contributed by atoms with Crippen LogP contribution in [0.4, 0.5) is 5.82 Å². The molecule has 1 fully saturated rings. The van der Waals surface area contributed by atoms with Crippen LogP contribution in [0.15, 0.2) is 42.5 Å². The van der Waals surface area contributed by atoms with E-state index in [1.54, 1.807) is 6.07 Å². The molecule has 1 aliphatic carbocycles. The lowest BCUT2D eigenvalue weighted by atomic mass is 10.1. The van der Waals surface area contributed by atoms with Gasteiger partial charge in [0.05, 0.1) is 18.5 Å². The summed E-state index contributed by atoms with van der Waals surface area (Å²) < 4.78 is 5.94. The number of nitrogen functional groups attached to an aromatic ring is 1. The Balaban J connectivity index is 1.23. The van der Waals surface area contributed by atoms with Crippen LogP contribution in [-0.2, 0) is 6.42 Å². The first-order valence-corrected chi connectivity index (χ1v) is 10.4. The highest BCUT2D eigenvalue weighted by Crippen LogP contribution is 2.47. The molecule has 1 aromatic carbocycles. The summed E-state index contributed by atoms with van der Waals surface area (Å²) in [6.45, 7) is 2.51. The Morgan fingerprint density at radius 1 is 1.10 bits per heavy atom. The average Bonchev–Trinajstić information content (AvgIpc) is 3.39.